The minimum absolute atomic E-state index is 0.303. The number of benzene rings is 1. The smallest absolute Gasteiger partial charge is 0.325 e. The predicted octanol–water partition coefficient (Wildman–Crippen LogP) is 0.823. The number of imide groups is 1. The van der Waals surface area contributed by atoms with E-state index in [1.807, 2.05) is 29.2 Å². The van der Waals surface area contributed by atoms with Gasteiger partial charge < -0.3 is 14.5 Å². The highest BCUT2D eigenvalue weighted by Gasteiger charge is 2.48. The Hall–Kier alpha value is -3.10. The molecule has 0 spiro atoms. The van der Waals surface area contributed by atoms with E-state index in [4.69, 9.17) is 4.74 Å². The number of ether oxygens (including phenoxy) is 1. The third kappa shape index (κ3) is 3.86. The van der Waals surface area contributed by atoms with Gasteiger partial charge in [-0.2, -0.15) is 5.10 Å². The van der Waals surface area contributed by atoms with Gasteiger partial charge in [0.15, 0.2) is 12.2 Å². The number of amides is 3. The molecule has 2 aliphatic rings. The molecule has 2 aliphatic heterocycles. The summed E-state index contributed by atoms with van der Waals surface area (Å²) in [5, 5.41) is 6.61. The first kappa shape index (κ1) is 18.7. The van der Waals surface area contributed by atoms with Crippen molar-refractivity contribution in [1.82, 2.24) is 20.5 Å². The van der Waals surface area contributed by atoms with Crippen molar-refractivity contribution in [2.45, 2.75) is 26.1 Å². The fourth-order valence-corrected chi connectivity index (χ4v) is 3.07. The average Bonchev–Trinajstić information content (AvgIpc) is 2.99. The summed E-state index contributed by atoms with van der Waals surface area (Å²) in [7, 11) is 3.24. The molecule has 0 bridgehead atoms. The Morgan fingerprint density at radius 2 is 2.04 bits per heavy atom. The molecule has 0 saturated carbocycles. The number of guanidine groups is 1. The minimum Gasteiger partial charge on any atom is -0.497 e. The van der Waals surface area contributed by atoms with E-state index in [0.29, 0.717) is 18.4 Å². The predicted molar refractivity (Wildman–Crippen MR) is 102 cm³/mol. The molecule has 1 aromatic carbocycles. The van der Waals surface area contributed by atoms with Gasteiger partial charge in [0.05, 0.1) is 13.3 Å². The van der Waals surface area contributed by atoms with Gasteiger partial charge in [-0.15, -0.1) is 0 Å². The average molecular weight is 372 g/mol. The minimum atomic E-state index is -0.566. The molecule has 3 rings (SSSR count). The zero-order chi connectivity index (χ0) is 19.6. The quantitative estimate of drug-likeness (QED) is 0.589. The second-order valence-electron chi connectivity index (χ2n) is 6.91. The van der Waals surface area contributed by atoms with Crippen molar-refractivity contribution in [3.05, 3.63) is 29.8 Å². The van der Waals surface area contributed by atoms with Crippen LogP contribution in [0.2, 0.25) is 0 Å². The molecule has 0 aliphatic carbocycles. The maximum Gasteiger partial charge on any atom is 0.325 e. The SMILES string of the molecule is COc1ccc(/C=N/NC2=NC3C(C(=O)NC(=O)N3C)N2CC(C)C)cc1. The van der Waals surface area contributed by atoms with E-state index in [0.717, 1.165) is 11.3 Å². The number of hydrogen-bond acceptors (Lipinski definition) is 7. The summed E-state index contributed by atoms with van der Waals surface area (Å²) in [5.74, 6) is 1.20. The second-order valence-corrected chi connectivity index (χ2v) is 6.91. The fraction of sp³-hybridized carbons (Fsp3) is 0.444. The van der Waals surface area contributed by atoms with Gasteiger partial charge in [-0.25, -0.2) is 15.2 Å². The number of urea groups is 1. The zero-order valence-corrected chi connectivity index (χ0v) is 15.8. The molecular weight excluding hydrogens is 348 g/mol. The Balaban J connectivity index is 1.77. The van der Waals surface area contributed by atoms with Gasteiger partial charge >= 0.3 is 6.03 Å². The summed E-state index contributed by atoms with van der Waals surface area (Å²) >= 11 is 0. The lowest BCUT2D eigenvalue weighted by molar-refractivity contribution is -0.127. The topological polar surface area (TPSA) is 98.6 Å². The number of nitrogens with zero attached hydrogens (tertiary/aromatic N) is 4. The Morgan fingerprint density at radius 1 is 1.33 bits per heavy atom. The van der Waals surface area contributed by atoms with E-state index in [1.165, 1.54) is 4.90 Å². The number of aliphatic imine (C=N–C) groups is 1. The maximum atomic E-state index is 12.4. The lowest BCUT2D eigenvalue weighted by atomic mass is 10.1. The molecule has 9 heteroatoms. The monoisotopic (exact) mass is 372 g/mol. The molecule has 2 atom stereocenters. The number of hydrazone groups is 1. The molecule has 1 saturated heterocycles. The van der Waals surface area contributed by atoms with Crippen LogP contribution in [0.5, 0.6) is 5.75 Å². The molecule has 2 unspecified atom stereocenters. The summed E-state index contributed by atoms with van der Waals surface area (Å²) in [6.45, 7) is 4.73. The number of nitrogens with one attached hydrogen (secondary N) is 2. The van der Waals surface area contributed by atoms with Crippen LogP contribution < -0.4 is 15.5 Å². The Kier molecular flexibility index (Phi) is 5.29. The Morgan fingerprint density at radius 3 is 2.67 bits per heavy atom. The standard InChI is InChI=1S/C18H24N6O3/c1-11(2)10-24-14-15(23(3)18(26)21-16(14)25)20-17(24)22-19-9-12-5-7-13(27-4)8-6-12/h5-9,11,14-15H,10H2,1-4H3,(H,20,22)(H,21,25,26)/b19-9+. The van der Waals surface area contributed by atoms with E-state index < -0.39 is 18.2 Å². The van der Waals surface area contributed by atoms with E-state index in [-0.39, 0.29) is 5.91 Å². The molecule has 9 nitrogen and oxygen atoms in total. The first-order chi connectivity index (χ1) is 12.9. The van der Waals surface area contributed by atoms with Crippen LogP contribution >= 0.6 is 0 Å². The molecule has 0 aromatic heterocycles. The number of methoxy groups -OCH3 is 1. The summed E-state index contributed by atoms with van der Waals surface area (Å²) in [4.78, 5) is 32.1. The van der Waals surface area contributed by atoms with Gasteiger partial charge in [0.25, 0.3) is 5.91 Å². The number of carbonyl (C=O) groups excluding carboxylic acids is 2. The van der Waals surface area contributed by atoms with Crippen LogP contribution in [0.3, 0.4) is 0 Å². The highest BCUT2D eigenvalue weighted by molar-refractivity contribution is 6.03. The normalized spacial score (nSPS) is 22.2. The second kappa shape index (κ2) is 7.65. The van der Waals surface area contributed by atoms with Crippen molar-refractivity contribution >= 4 is 24.1 Å². The highest BCUT2D eigenvalue weighted by Crippen LogP contribution is 2.24. The number of rotatable bonds is 5. The molecule has 144 valence electrons. The van der Waals surface area contributed by atoms with E-state index >= 15 is 0 Å². The zero-order valence-electron chi connectivity index (χ0n) is 15.8. The third-order valence-corrected chi connectivity index (χ3v) is 4.42. The molecule has 0 radical (unpaired) electrons. The number of likely N-dealkylation sites (N-methyl/N-ethyl adjacent to an activating group) is 1. The lowest BCUT2D eigenvalue weighted by Gasteiger charge is -2.36. The van der Waals surface area contributed by atoms with E-state index in [1.54, 1.807) is 20.4 Å². The Labute approximate surface area is 158 Å². The van der Waals surface area contributed by atoms with Gasteiger partial charge in [-0.05, 0) is 35.7 Å². The number of hydrogen-bond donors (Lipinski definition) is 2. The first-order valence-electron chi connectivity index (χ1n) is 8.76. The van der Waals surface area contributed by atoms with Gasteiger partial charge in [-0.3, -0.25) is 10.1 Å². The van der Waals surface area contributed by atoms with Gasteiger partial charge in [0, 0.05) is 13.6 Å². The van der Waals surface area contributed by atoms with Gasteiger partial charge in [0.1, 0.15) is 5.75 Å². The Bertz CT molecular complexity index is 774. The van der Waals surface area contributed by atoms with Crippen molar-refractivity contribution < 1.29 is 14.3 Å². The summed E-state index contributed by atoms with van der Waals surface area (Å²) in [6, 6.07) is 6.45. The largest absolute Gasteiger partial charge is 0.497 e. The van der Waals surface area contributed by atoms with Gasteiger partial charge in [-0.1, -0.05) is 13.8 Å². The molecule has 2 N–H and O–H groups in total. The van der Waals surface area contributed by atoms with Gasteiger partial charge in [0.2, 0.25) is 5.96 Å². The fourth-order valence-electron chi connectivity index (χ4n) is 3.07. The van der Waals surface area contributed by atoms with Crippen LogP contribution in [-0.4, -0.2) is 66.8 Å². The van der Waals surface area contributed by atoms with Crippen molar-refractivity contribution in [1.29, 1.82) is 0 Å². The number of carbonyl (C=O) groups is 2. The maximum absolute atomic E-state index is 12.4. The van der Waals surface area contributed by atoms with Crippen molar-refractivity contribution in [3.63, 3.8) is 0 Å². The molecule has 1 fully saturated rings. The summed E-state index contributed by atoms with van der Waals surface area (Å²) < 4.78 is 5.13. The van der Waals surface area contributed by atoms with Crippen molar-refractivity contribution in [3.8, 4) is 5.75 Å². The summed E-state index contributed by atoms with van der Waals surface area (Å²) in [6.07, 6.45) is 1.09. The van der Waals surface area contributed by atoms with Crippen molar-refractivity contribution in [2.24, 2.45) is 16.0 Å². The third-order valence-electron chi connectivity index (χ3n) is 4.42. The van der Waals surface area contributed by atoms with Crippen LogP contribution in [0.25, 0.3) is 0 Å². The van der Waals surface area contributed by atoms with Crippen LogP contribution in [0.1, 0.15) is 19.4 Å². The molecular formula is C18H24N6O3. The van der Waals surface area contributed by atoms with Crippen LogP contribution in [0.15, 0.2) is 34.4 Å². The van der Waals surface area contributed by atoms with Crippen molar-refractivity contribution in [2.75, 3.05) is 20.7 Å². The van der Waals surface area contributed by atoms with Crippen LogP contribution in [0.4, 0.5) is 4.79 Å². The first-order valence-corrected chi connectivity index (χ1v) is 8.76. The van der Waals surface area contributed by atoms with E-state index in [9.17, 15) is 9.59 Å². The highest BCUT2D eigenvalue weighted by atomic mass is 16.5. The number of fused-ring (bicyclic) bond motifs is 1. The molecule has 3 amide bonds. The van der Waals surface area contributed by atoms with Crippen LogP contribution in [-0.2, 0) is 4.79 Å². The van der Waals surface area contributed by atoms with Crippen LogP contribution in [0, 0.1) is 5.92 Å². The molecule has 2 heterocycles. The molecule has 27 heavy (non-hydrogen) atoms. The summed E-state index contributed by atoms with van der Waals surface area (Å²) in [5.41, 5.74) is 3.81. The van der Waals surface area contributed by atoms with E-state index in [2.05, 4.69) is 34.7 Å². The lowest BCUT2D eigenvalue weighted by Crippen LogP contribution is -2.64. The molecule has 1 aromatic rings.